The Morgan fingerprint density at radius 1 is 1.38 bits per heavy atom. The summed E-state index contributed by atoms with van der Waals surface area (Å²) in [6.07, 6.45) is 1.85. The molecule has 0 bridgehead atoms. The van der Waals surface area contributed by atoms with Crippen LogP contribution in [0.2, 0.25) is 0 Å². The molecule has 24 heavy (non-hydrogen) atoms. The van der Waals surface area contributed by atoms with Gasteiger partial charge in [-0.3, -0.25) is 4.79 Å². The third-order valence-corrected chi connectivity index (χ3v) is 4.88. The normalized spacial score (nSPS) is 26.0. The van der Waals surface area contributed by atoms with E-state index in [2.05, 4.69) is 9.89 Å². The average Bonchev–Trinajstić information content (AvgIpc) is 2.89. The number of rotatable bonds is 2. The highest BCUT2D eigenvalue weighted by Crippen LogP contribution is 2.36. The number of aliphatic imine (C=N–C) groups is 1. The minimum atomic E-state index is -0.288. The van der Waals surface area contributed by atoms with E-state index >= 15 is 0 Å². The van der Waals surface area contributed by atoms with E-state index < -0.39 is 0 Å². The number of amides is 1. The van der Waals surface area contributed by atoms with Crippen molar-refractivity contribution < 1.29 is 19.4 Å². The minimum absolute atomic E-state index is 0.0166. The van der Waals surface area contributed by atoms with Crippen molar-refractivity contribution in [3.63, 3.8) is 0 Å². The number of carbonyl (C=O) groups excluding carboxylic acids is 1. The summed E-state index contributed by atoms with van der Waals surface area (Å²) >= 11 is 1.33. The van der Waals surface area contributed by atoms with Gasteiger partial charge in [-0.15, -0.1) is 0 Å². The minimum Gasteiger partial charge on any atom is -0.504 e. The number of benzene rings is 1. The largest absolute Gasteiger partial charge is 0.504 e. The molecule has 2 atom stereocenters. The van der Waals surface area contributed by atoms with Gasteiger partial charge >= 0.3 is 0 Å². The van der Waals surface area contributed by atoms with Gasteiger partial charge in [0.2, 0.25) is 0 Å². The number of hydrogen-bond donors (Lipinski definition) is 1. The Morgan fingerprint density at radius 2 is 2.08 bits per heavy atom. The highest BCUT2D eigenvalue weighted by atomic mass is 32.2. The molecular formula is C17H20N2O4S. The summed E-state index contributed by atoms with van der Waals surface area (Å²) in [4.78, 5) is 18.9. The van der Waals surface area contributed by atoms with Gasteiger partial charge < -0.3 is 19.5 Å². The van der Waals surface area contributed by atoms with Crippen molar-refractivity contribution in [3.05, 3.63) is 28.7 Å². The summed E-state index contributed by atoms with van der Waals surface area (Å²) in [5.74, 6) is 0.101. The van der Waals surface area contributed by atoms with Crippen LogP contribution in [0.3, 0.4) is 0 Å². The Labute approximate surface area is 145 Å². The zero-order valence-corrected chi connectivity index (χ0v) is 14.7. The zero-order valence-electron chi connectivity index (χ0n) is 13.9. The molecule has 1 fully saturated rings. The molecule has 0 radical (unpaired) electrons. The van der Waals surface area contributed by atoms with E-state index in [-0.39, 0.29) is 23.9 Å². The van der Waals surface area contributed by atoms with Crippen LogP contribution < -0.4 is 4.74 Å². The summed E-state index contributed by atoms with van der Waals surface area (Å²) < 4.78 is 10.8. The van der Waals surface area contributed by atoms with Crippen LogP contribution in [0.5, 0.6) is 11.5 Å². The summed E-state index contributed by atoms with van der Waals surface area (Å²) in [6, 6.07) is 5.16. The van der Waals surface area contributed by atoms with Gasteiger partial charge in [0.1, 0.15) is 0 Å². The Bertz CT molecular complexity index is 707. The second-order valence-electron chi connectivity index (χ2n) is 5.87. The van der Waals surface area contributed by atoms with E-state index in [4.69, 9.17) is 9.47 Å². The van der Waals surface area contributed by atoms with Crippen molar-refractivity contribution >= 4 is 28.9 Å². The molecule has 1 amide bonds. The first-order chi connectivity index (χ1) is 11.5. The molecular weight excluding hydrogens is 328 g/mol. The number of phenols is 1. The Hall–Kier alpha value is -1.99. The second kappa shape index (κ2) is 6.86. The number of thioether (sulfide) groups is 1. The number of ether oxygens (including phenoxy) is 2. The Morgan fingerprint density at radius 3 is 2.75 bits per heavy atom. The number of methoxy groups -OCH3 is 1. The molecule has 1 saturated heterocycles. The smallest absolute Gasteiger partial charge is 0.286 e. The molecule has 2 aliphatic heterocycles. The van der Waals surface area contributed by atoms with Gasteiger partial charge in [-0.2, -0.15) is 4.99 Å². The van der Waals surface area contributed by atoms with E-state index in [1.54, 1.807) is 24.3 Å². The lowest BCUT2D eigenvalue weighted by atomic mass is 10.1. The number of nitrogens with zero attached hydrogens (tertiary/aromatic N) is 2. The molecule has 0 aliphatic carbocycles. The molecule has 1 aromatic carbocycles. The quantitative estimate of drug-likeness (QED) is 0.828. The molecule has 7 heteroatoms. The maximum absolute atomic E-state index is 12.2. The average molecular weight is 348 g/mol. The van der Waals surface area contributed by atoms with Crippen molar-refractivity contribution in [1.82, 2.24) is 4.90 Å². The van der Waals surface area contributed by atoms with Crippen molar-refractivity contribution in [2.75, 3.05) is 20.2 Å². The summed E-state index contributed by atoms with van der Waals surface area (Å²) in [5.41, 5.74) is 0.533. The number of para-hydroxylation sites is 1. The number of carbonyl (C=O) groups is 1. The van der Waals surface area contributed by atoms with Crippen LogP contribution in [0.4, 0.5) is 0 Å². The Balaban J connectivity index is 1.80. The lowest BCUT2D eigenvalue weighted by Crippen LogP contribution is -2.47. The van der Waals surface area contributed by atoms with Gasteiger partial charge in [0.25, 0.3) is 5.91 Å². The third kappa shape index (κ3) is 3.42. The highest BCUT2D eigenvalue weighted by molar-refractivity contribution is 8.18. The topological polar surface area (TPSA) is 71.4 Å². The van der Waals surface area contributed by atoms with E-state index in [0.717, 1.165) is 0 Å². The standard InChI is InChI=1S/C17H20N2O4S/c1-10-8-19(9-11(2)23-10)17-18-16(21)14(24-17)7-12-5-4-6-13(22-3)15(12)20/h4-7,10-11,20H,8-9H2,1-3H3/b14-7+/t10-,11-/m0/s1. The van der Waals surface area contributed by atoms with Gasteiger partial charge in [-0.05, 0) is 37.8 Å². The molecule has 128 valence electrons. The first kappa shape index (κ1) is 16.9. The van der Waals surface area contributed by atoms with Crippen LogP contribution in [0, 0.1) is 0 Å². The van der Waals surface area contributed by atoms with E-state index in [0.29, 0.717) is 34.5 Å². The number of aromatic hydroxyl groups is 1. The van der Waals surface area contributed by atoms with Gasteiger partial charge in [0, 0.05) is 18.7 Å². The molecule has 2 heterocycles. The van der Waals surface area contributed by atoms with Crippen molar-refractivity contribution in [2.45, 2.75) is 26.1 Å². The van der Waals surface area contributed by atoms with Crippen LogP contribution in [-0.4, -0.2) is 53.5 Å². The predicted molar refractivity (Wildman–Crippen MR) is 94.3 cm³/mol. The monoisotopic (exact) mass is 348 g/mol. The lowest BCUT2D eigenvalue weighted by molar-refractivity contribution is -0.113. The van der Waals surface area contributed by atoms with Gasteiger partial charge in [0.05, 0.1) is 24.2 Å². The fourth-order valence-corrected chi connectivity index (χ4v) is 3.75. The van der Waals surface area contributed by atoms with Crippen molar-refractivity contribution in [1.29, 1.82) is 0 Å². The zero-order chi connectivity index (χ0) is 17.3. The summed E-state index contributed by atoms with van der Waals surface area (Å²) in [5, 5.41) is 10.9. The molecule has 0 aromatic heterocycles. The predicted octanol–water partition coefficient (Wildman–Crippen LogP) is 2.48. The molecule has 0 spiro atoms. The maximum Gasteiger partial charge on any atom is 0.286 e. The molecule has 0 saturated carbocycles. The van der Waals surface area contributed by atoms with Crippen LogP contribution in [0.1, 0.15) is 19.4 Å². The van der Waals surface area contributed by atoms with Crippen molar-refractivity contribution in [2.24, 2.45) is 4.99 Å². The van der Waals surface area contributed by atoms with E-state index in [1.807, 2.05) is 13.8 Å². The molecule has 2 aliphatic rings. The molecule has 1 N–H and O–H groups in total. The van der Waals surface area contributed by atoms with E-state index in [9.17, 15) is 9.90 Å². The number of hydrogen-bond acceptors (Lipinski definition) is 6. The summed E-state index contributed by atoms with van der Waals surface area (Å²) in [7, 11) is 1.49. The molecule has 3 rings (SSSR count). The van der Waals surface area contributed by atoms with Crippen LogP contribution in [0.15, 0.2) is 28.1 Å². The fourth-order valence-electron chi connectivity index (χ4n) is 2.83. The van der Waals surface area contributed by atoms with Crippen LogP contribution in [0.25, 0.3) is 6.08 Å². The fraction of sp³-hybridized carbons (Fsp3) is 0.412. The van der Waals surface area contributed by atoms with Gasteiger partial charge in [-0.25, -0.2) is 0 Å². The van der Waals surface area contributed by atoms with Crippen LogP contribution >= 0.6 is 11.8 Å². The lowest BCUT2D eigenvalue weighted by Gasteiger charge is -2.35. The first-order valence-corrected chi connectivity index (χ1v) is 8.58. The van der Waals surface area contributed by atoms with Gasteiger partial charge in [-0.1, -0.05) is 12.1 Å². The first-order valence-electron chi connectivity index (χ1n) is 7.77. The number of phenolic OH excluding ortho intramolecular Hbond substituents is 1. The molecule has 0 unspecified atom stereocenters. The number of morpholine rings is 1. The maximum atomic E-state index is 12.2. The molecule has 1 aromatic rings. The van der Waals surface area contributed by atoms with Gasteiger partial charge in [0.15, 0.2) is 16.7 Å². The second-order valence-corrected chi connectivity index (χ2v) is 6.88. The molecule has 6 nitrogen and oxygen atoms in total. The van der Waals surface area contributed by atoms with Crippen molar-refractivity contribution in [3.8, 4) is 11.5 Å². The summed E-state index contributed by atoms with van der Waals surface area (Å²) in [6.45, 7) is 5.44. The number of amidine groups is 1. The third-order valence-electron chi connectivity index (χ3n) is 3.84. The van der Waals surface area contributed by atoms with E-state index in [1.165, 1.54) is 18.9 Å². The van der Waals surface area contributed by atoms with Crippen LogP contribution in [-0.2, 0) is 9.53 Å². The Kier molecular flexibility index (Phi) is 4.82. The highest BCUT2D eigenvalue weighted by Gasteiger charge is 2.31. The SMILES string of the molecule is COc1cccc(/C=C2/SC(N3C[C@H](C)O[C@@H](C)C3)=NC2=O)c1O.